The summed E-state index contributed by atoms with van der Waals surface area (Å²) in [5, 5.41) is 4.86. The third-order valence-corrected chi connectivity index (χ3v) is 4.73. The van der Waals surface area contributed by atoms with Gasteiger partial charge in [0.2, 0.25) is 5.91 Å². The number of hydrogen-bond donors (Lipinski definition) is 2. The van der Waals surface area contributed by atoms with Crippen LogP contribution in [0.2, 0.25) is 0 Å². The molecule has 6 nitrogen and oxygen atoms in total. The SMILES string of the molecule is Cc1cc(NC(=O)COC(=O)CCC(=O)Nc2cccc(C(F)(F)F)c2)ccc1Br. The summed E-state index contributed by atoms with van der Waals surface area (Å²) < 4.78 is 43.7. The molecule has 0 spiro atoms. The van der Waals surface area contributed by atoms with Crippen molar-refractivity contribution in [3.63, 3.8) is 0 Å². The second-order valence-electron chi connectivity index (χ2n) is 6.30. The molecule has 160 valence electrons. The zero-order valence-corrected chi connectivity index (χ0v) is 17.4. The van der Waals surface area contributed by atoms with E-state index in [4.69, 9.17) is 4.74 Å². The van der Waals surface area contributed by atoms with E-state index in [0.29, 0.717) is 5.69 Å². The number of esters is 1. The lowest BCUT2D eigenvalue weighted by Crippen LogP contribution is -2.21. The lowest BCUT2D eigenvalue weighted by molar-refractivity contribution is -0.147. The van der Waals surface area contributed by atoms with Gasteiger partial charge >= 0.3 is 12.1 Å². The average Bonchev–Trinajstić information content (AvgIpc) is 2.67. The van der Waals surface area contributed by atoms with E-state index in [-0.39, 0.29) is 18.5 Å². The summed E-state index contributed by atoms with van der Waals surface area (Å²) in [7, 11) is 0. The summed E-state index contributed by atoms with van der Waals surface area (Å²) >= 11 is 3.34. The van der Waals surface area contributed by atoms with Crippen LogP contribution in [-0.4, -0.2) is 24.4 Å². The van der Waals surface area contributed by atoms with Crippen LogP contribution >= 0.6 is 15.9 Å². The first kappa shape index (κ1) is 23.4. The van der Waals surface area contributed by atoms with E-state index < -0.39 is 36.1 Å². The van der Waals surface area contributed by atoms with Gasteiger partial charge in [-0.15, -0.1) is 0 Å². The molecule has 10 heteroatoms. The molecule has 0 unspecified atom stereocenters. The Hall–Kier alpha value is -2.88. The minimum atomic E-state index is -4.53. The fourth-order valence-corrected chi connectivity index (χ4v) is 2.60. The normalized spacial score (nSPS) is 11.0. The Balaban J connectivity index is 1.74. The predicted octanol–water partition coefficient (Wildman–Crippen LogP) is 4.68. The number of halogens is 4. The van der Waals surface area contributed by atoms with Crippen LogP contribution in [0.25, 0.3) is 0 Å². The Bertz CT molecular complexity index is 948. The number of aryl methyl sites for hydroxylation is 1. The van der Waals surface area contributed by atoms with Crippen LogP contribution < -0.4 is 10.6 Å². The molecule has 2 N–H and O–H groups in total. The Morgan fingerprint density at radius 3 is 2.30 bits per heavy atom. The van der Waals surface area contributed by atoms with Crippen molar-refractivity contribution >= 4 is 45.1 Å². The number of anilines is 2. The van der Waals surface area contributed by atoms with Crippen molar-refractivity contribution in [2.45, 2.75) is 25.9 Å². The van der Waals surface area contributed by atoms with E-state index in [1.165, 1.54) is 6.07 Å². The number of alkyl halides is 3. The van der Waals surface area contributed by atoms with Crippen LogP contribution in [0.4, 0.5) is 24.5 Å². The highest BCUT2D eigenvalue weighted by atomic mass is 79.9. The van der Waals surface area contributed by atoms with Gasteiger partial charge in [0.15, 0.2) is 6.61 Å². The van der Waals surface area contributed by atoms with Crippen molar-refractivity contribution < 1.29 is 32.3 Å². The monoisotopic (exact) mass is 486 g/mol. The number of ether oxygens (including phenoxy) is 1. The molecule has 30 heavy (non-hydrogen) atoms. The molecule has 0 aliphatic heterocycles. The van der Waals surface area contributed by atoms with Gasteiger partial charge < -0.3 is 15.4 Å². The first-order valence-corrected chi connectivity index (χ1v) is 9.52. The van der Waals surface area contributed by atoms with Gasteiger partial charge in [0.1, 0.15) is 0 Å². The van der Waals surface area contributed by atoms with Crippen molar-refractivity contribution in [2.24, 2.45) is 0 Å². The molecule has 0 saturated heterocycles. The summed E-state index contributed by atoms with van der Waals surface area (Å²) in [5.41, 5.74) is 0.521. The molecule has 2 aromatic rings. The van der Waals surface area contributed by atoms with E-state index in [9.17, 15) is 27.6 Å². The van der Waals surface area contributed by atoms with E-state index in [0.717, 1.165) is 28.2 Å². The molecule has 0 fully saturated rings. The van der Waals surface area contributed by atoms with Crippen molar-refractivity contribution in [3.8, 4) is 0 Å². The van der Waals surface area contributed by atoms with Crippen LogP contribution in [-0.2, 0) is 25.3 Å². The first-order valence-electron chi connectivity index (χ1n) is 8.73. The minimum absolute atomic E-state index is 0.0349. The lowest BCUT2D eigenvalue weighted by Gasteiger charge is -2.10. The highest BCUT2D eigenvalue weighted by molar-refractivity contribution is 9.10. The maximum absolute atomic E-state index is 12.7. The molecule has 0 bridgehead atoms. The van der Waals surface area contributed by atoms with Crippen molar-refractivity contribution in [2.75, 3.05) is 17.2 Å². The number of carbonyl (C=O) groups excluding carboxylic acids is 3. The summed E-state index contributed by atoms with van der Waals surface area (Å²) in [5.74, 6) is -1.98. The zero-order chi connectivity index (χ0) is 22.3. The molecule has 0 aliphatic rings. The third kappa shape index (κ3) is 7.51. The van der Waals surface area contributed by atoms with Crippen molar-refractivity contribution in [3.05, 3.63) is 58.1 Å². The van der Waals surface area contributed by atoms with Crippen molar-refractivity contribution in [1.29, 1.82) is 0 Å². The van der Waals surface area contributed by atoms with Crippen LogP contribution in [0.3, 0.4) is 0 Å². The smallest absolute Gasteiger partial charge is 0.416 e. The Morgan fingerprint density at radius 1 is 0.967 bits per heavy atom. The summed E-state index contributed by atoms with van der Waals surface area (Å²) in [4.78, 5) is 35.4. The molecule has 0 radical (unpaired) electrons. The number of benzene rings is 2. The quantitative estimate of drug-likeness (QED) is 0.556. The van der Waals surface area contributed by atoms with Gasteiger partial charge in [0.05, 0.1) is 12.0 Å². The molecule has 0 aromatic heterocycles. The maximum atomic E-state index is 12.7. The van der Waals surface area contributed by atoms with Crippen LogP contribution in [0.5, 0.6) is 0 Å². The van der Waals surface area contributed by atoms with Crippen molar-refractivity contribution in [1.82, 2.24) is 0 Å². The van der Waals surface area contributed by atoms with Gasteiger partial charge in [-0.25, -0.2) is 0 Å². The fourth-order valence-electron chi connectivity index (χ4n) is 2.35. The summed E-state index contributed by atoms with van der Waals surface area (Å²) in [6.45, 7) is 1.33. The highest BCUT2D eigenvalue weighted by Gasteiger charge is 2.30. The number of carbonyl (C=O) groups is 3. The Labute approximate surface area is 178 Å². The lowest BCUT2D eigenvalue weighted by atomic mass is 10.2. The average molecular weight is 487 g/mol. The van der Waals surface area contributed by atoms with Crippen LogP contribution in [0.1, 0.15) is 24.0 Å². The van der Waals surface area contributed by atoms with E-state index in [2.05, 4.69) is 26.6 Å². The molecular formula is C20H18BrF3N2O4. The fraction of sp³-hybridized carbons (Fsp3) is 0.250. The molecule has 2 amide bonds. The van der Waals surface area contributed by atoms with Gasteiger partial charge in [-0.2, -0.15) is 13.2 Å². The summed E-state index contributed by atoms with van der Waals surface area (Å²) in [6, 6.07) is 9.33. The molecule has 0 saturated carbocycles. The van der Waals surface area contributed by atoms with Gasteiger partial charge in [0, 0.05) is 22.3 Å². The Kier molecular flexibility index (Phi) is 7.99. The molecule has 0 atom stereocenters. The zero-order valence-electron chi connectivity index (χ0n) is 15.8. The third-order valence-electron chi connectivity index (χ3n) is 3.84. The minimum Gasteiger partial charge on any atom is -0.456 e. The van der Waals surface area contributed by atoms with E-state index >= 15 is 0 Å². The molecule has 0 heterocycles. The molecule has 0 aliphatic carbocycles. The second kappa shape index (κ2) is 10.2. The van der Waals surface area contributed by atoms with Gasteiger partial charge in [0.25, 0.3) is 5.91 Å². The van der Waals surface area contributed by atoms with Crippen LogP contribution in [0.15, 0.2) is 46.9 Å². The predicted molar refractivity (Wildman–Crippen MR) is 108 cm³/mol. The van der Waals surface area contributed by atoms with Gasteiger partial charge in [-0.3, -0.25) is 14.4 Å². The largest absolute Gasteiger partial charge is 0.456 e. The van der Waals surface area contributed by atoms with Crippen LogP contribution in [0, 0.1) is 6.92 Å². The standard InChI is InChI=1S/C20H18BrF3N2O4/c1-12-9-15(5-6-16(12)21)26-18(28)11-30-19(29)8-7-17(27)25-14-4-2-3-13(10-14)20(22,23)24/h2-6,9-10H,7-8,11H2,1H3,(H,25,27)(H,26,28). The first-order chi connectivity index (χ1) is 14.0. The molecular weight excluding hydrogens is 469 g/mol. The number of nitrogens with one attached hydrogen (secondary N) is 2. The molecule has 2 rings (SSSR count). The number of amides is 2. The topological polar surface area (TPSA) is 84.5 Å². The summed E-state index contributed by atoms with van der Waals surface area (Å²) in [6.07, 6.45) is -5.15. The number of rotatable bonds is 7. The van der Waals surface area contributed by atoms with E-state index in [1.54, 1.807) is 18.2 Å². The molecule has 2 aromatic carbocycles. The number of hydrogen-bond acceptors (Lipinski definition) is 4. The maximum Gasteiger partial charge on any atom is 0.416 e. The second-order valence-corrected chi connectivity index (χ2v) is 7.15. The van der Waals surface area contributed by atoms with Gasteiger partial charge in [-0.05, 0) is 48.9 Å². The highest BCUT2D eigenvalue weighted by Crippen LogP contribution is 2.30. The van der Waals surface area contributed by atoms with E-state index in [1.807, 2.05) is 6.92 Å². The van der Waals surface area contributed by atoms with Gasteiger partial charge in [-0.1, -0.05) is 22.0 Å². The Morgan fingerprint density at radius 2 is 1.63 bits per heavy atom.